The van der Waals surface area contributed by atoms with Crippen LogP contribution < -0.4 is 20.5 Å². The Labute approximate surface area is 219 Å². The number of ketones is 1. The van der Waals surface area contributed by atoms with Gasteiger partial charge in [-0.2, -0.15) is 0 Å². The Morgan fingerprint density at radius 2 is 1.86 bits per heavy atom. The number of hydrogen-bond donors (Lipinski definition) is 2. The van der Waals surface area contributed by atoms with Crippen LogP contribution >= 0.6 is 15.9 Å². The van der Waals surface area contributed by atoms with Crippen molar-refractivity contribution in [3.63, 3.8) is 0 Å². The number of halogens is 1. The van der Waals surface area contributed by atoms with Gasteiger partial charge in [0, 0.05) is 27.7 Å². The van der Waals surface area contributed by atoms with E-state index >= 15 is 0 Å². The SMILES string of the molecule is CCOc1cc([C@@H]2Nc3ccc4ccccc4c3C3=C2C(=O)CC(C)(C)C3)c(Br)cc1OCC(N)=O. The summed E-state index contributed by atoms with van der Waals surface area (Å²) in [4.78, 5) is 25.0. The number of ether oxygens (including phenoxy) is 2. The first-order chi connectivity index (χ1) is 17.2. The van der Waals surface area contributed by atoms with Gasteiger partial charge in [0.1, 0.15) is 0 Å². The van der Waals surface area contributed by atoms with E-state index in [0.29, 0.717) is 24.5 Å². The van der Waals surface area contributed by atoms with E-state index in [-0.39, 0.29) is 23.8 Å². The van der Waals surface area contributed by atoms with Crippen LogP contribution in [0.3, 0.4) is 0 Å². The lowest BCUT2D eigenvalue weighted by atomic mass is 9.68. The normalized spacial score (nSPS) is 18.3. The Kier molecular flexibility index (Phi) is 6.29. The Balaban J connectivity index is 1.70. The summed E-state index contributed by atoms with van der Waals surface area (Å²) in [6, 6.07) is 15.8. The molecule has 0 fully saturated rings. The van der Waals surface area contributed by atoms with Gasteiger partial charge in [0.15, 0.2) is 23.9 Å². The zero-order valence-corrected chi connectivity index (χ0v) is 22.2. The summed E-state index contributed by atoms with van der Waals surface area (Å²) in [5, 5.41) is 5.95. The molecule has 6 nitrogen and oxygen atoms in total. The van der Waals surface area contributed by atoms with Gasteiger partial charge >= 0.3 is 0 Å². The fourth-order valence-electron chi connectivity index (χ4n) is 5.37. The number of primary amides is 1. The summed E-state index contributed by atoms with van der Waals surface area (Å²) in [7, 11) is 0. The third kappa shape index (κ3) is 4.37. The maximum absolute atomic E-state index is 13.7. The molecule has 1 heterocycles. The predicted molar refractivity (Wildman–Crippen MR) is 145 cm³/mol. The highest BCUT2D eigenvalue weighted by molar-refractivity contribution is 9.10. The minimum Gasteiger partial charge on any atom is -0.490 e. The van der Waals surface area contributed by atoms with Crippen molar-refractivity contribution in [1.82, 2.24) is 0 Å². The van der Waals surface area contributed by atoms with Crippen molar-refractivity contribution in [2.24, 2.45) is 11.1 Å². The molecule has 186 valence electrons. The number of allylic oxidation sites excluding steroid dienone is 1. The zero-order valence-electron chi connectivity index (χ0n) is 20.6. The first-order valence-corrected chi connectivity index (χ1v) is 12.9. The summed E-state index contributed by atoms with van der Waals surface area (Å²) in [5.41, 5.74) is 10.0. The molecule has 0 saturated heterocycles. The van der Waals surface area contributed by atoms with Gasteiger partial charge in [-0.25, -0.2) is 0 Å². The quantitative estimate of drug-likeness (QED) is 0.384. The number of benzene rings is 3. The van der Waals surface area contributed by atoms with Crippen molar-refractivity contribution in [1.29, 1.82) is 0 Å². The largest absolute Gasteiger partial charge is 0.490 e. The number of Topliss-reactive ketones (excluding diaryl/α,β-unsaturated/α-hetero) is 1. The van der Waals surface area contributed by atoms with E-state index in [2.05, 4.69) is 59.4 Å². The lowest BCUT2D eigenvalue weighted by Gasteiger charge is -2.40. The number of nitrogens with two attached hydrogens (primary N) is 1. The predicted octanol–water partition coefficient (Wildman–Crippen LogP) is 6.17. The molecule has 0 unspecified atom stereocenters. The maximum atomic E-state index is 13.7. The minimum atomic E-state index is -0.569. The summed E-state index contributed by atoms with van der Waals surface area (Å²) < 4.78 is 12.2. The molecule has 3 N–H and O–H groups in total. The average Bonchev–Trinajstić information content (AvgIpc) is 2.82. The fourth-order valence-corrected chi connectivity index (χ4v) is 5.92. The third-order valence-corrected chi connectivity index (χ3v) is 7.47. The Hall–Kier alpha value is -3.32. The molecule has 3 aromatic carbocycles. The van der Waals surface area contributed by atoms with Gasteiger partial charge in [-0.05, 0) is 58.9 Å². The second kappa shape index (κ2) is 9.28. The first-order valence-electron chi connectivity index (χ1n) is 12.1. The van der Waals surface area contributed by atoms with Gasteiger partial charge in [-0.15, -0.1) is 0 Å². The van der Waals surface area contributed by atoms with E-state index in [4.69, 9.17) is 15.2 Å². The van der Waals surface area contributed by atoms with Gasteiger partial charge in [0.05, 0.1) is 12.6 Å². The van der Waals surface area contributed by atoms with Crippen LogP contribution in [-0.4, -0.2) is 24.9 Å². The number of carbonyl (C=O) groups is 2. The van der Waals surface area contributed by atoms with E-state index in [1.807, 2.05) is 25.1 Å². The summed E-state index contributed by atoms with van der Waals surface area (Å²) in [6.45, 7) is 6.36. The molecule has 3 aromatic rings. The van der Waals surface area contributed by atoms with Crippen molar-refractivity contribution >= 4 is 49.7 Å². The van der Waals surface area contributed by atoms with Gasteiger partial charge in [-0.3, -0.25) is 9.59 Å². The van der Waals surface area contributed by atoms with Crippen LogP contribution in [0, 0.1) is 5.41 Å². The van der Waals surface area contributed by atoms with Gasteiger partial charge in [-0.1, -0.05) is 60.1 Å². The van der Waals surface area contributed by atoms with Crippen LogP contribution in [0.15, 0.2) is 58.6 Å². The second-order valence-corrected chi connectivity index (χ2v) is 11.0. The molecule has 0 aromatic heterocycles. The second-order valence-electron chi connectivity index (χ2n) is 10.1. The molecule has 1 atom stereocenters. The van der Waals surface area contributed by atoms with Crippen molar-refractivity contribution in [2.45, 2.75) is 39.7 Å². The highest BCUT2D eigenvalue weighted by Gasteiger charge is 2.41. The first kappa shape index (κ1) is 24.4. The van der Waals surface area contributed by atoms with E-state index in [1.165, 1.54) is 0 Å². The molecular formula is C29H29BrN2O4. The molecule has 0 saturated carbocycles. The fraction of sp³-hybridized carbons (Fsp3) is 0.310. The van der Waals surface area contributed by atoms with Crippen LogP contribution in [0.5, 0.6) is 11.5 Å². The lowest BCUT2D eigenvalue weighted by molar-refractivity contribution is -0.120. The highest BCUT2D eigenvalue weighted by Crippen LogP contribution is 2.53. The Bertz CT molecular complexity index is 1430. The summed E-state index contributed by atoms with van der Waals surface area (Å²) in [6.07, 6.45) is 1.29. The standard InChI is InChI=1S/C29H29BrN2O4/c1-4-35-23-11-18(20(30)12-24(23)36-15-25(31)34)28-27-19(13-29(2,3)14-22(27)33)26-17-8-6-5-7-16(17)9-10-21(26)32-28/h5-12,28,32H,4,13-15H2,1-3H3,(H2,31,34)/t28-/m0/s1. The molecule has 7 heteroatoms. The number of amides is 1. The topological polar surface area (TPSA) is 90.7 Å². The van der Waals surface area contributed by atoms with Crippen molar-refractivity contribution in [3.05, 3.63) is 69.7 Å². The number of hydrogen-bond acceptors (Lipinski definition) is 5. The van der Waals surface area contributed by atoms with Crippen LogP contribution in [0.1, 0.15) is 50.8 Å². The van der Waals surface area contributed by atoms with Crippen LogP contribution in [-0.2, 0) is 9.59 Å². The number of fused-ring (bicyclic) bond motifs is 4. The number of rotatable bonds is 6. The van der Waals surface area contributed by atoms with Gasteiger partial charge < -0.3 is 20.5 Å². The molecule has 2 aliphatic rings. The van der Waals surface area contributed by atoms with E-state index in [9.17, 15) is 9.59 Å². The molecule has 0 bridgehead atoms. The molecule has 1 amide bonds. The zero-order chi connectivity index (χ0) is 25.6. The molecule has 1 aliphatic carbocycles. The molecule has 0 spiro atoms. The monoisotopic (exact) mass is 548 g/mol. The maximum Gasteiger partial charge on any atom is 0.255 e. The highest BCUT2D eigenvalue weighted by atomic mass is 79.9. The third-order valence-electron chi connectivity index (χ3n) is 6.78. The Morgan fingerprint density at radius 3 is 2.61 bits per heavy atom. The molecular weight excluding hydrogens is 520 g/mol. The van der Waals surface area contributed by atoms with Crippen molar-refractivity contribution in [3.8, 4) is 11.5 Å². The lowest BCUT2D eigenvalue weighted by Crippen LogP contribution is -2.33. The smallest absolute Gasteiger partial charge is 0.255 e. The molecule has 5 rings (SSSR count). The average molecular weight is 549 g/mol. The van der Waals surface area contributed by atoms with Gasteiger partial charge in [0.2, 0.25) is 0 Å². The number of nitrogens with one attached hydrogen (secondary N) is 1. The Morgan fingerprint density at radius 1 is 1.11 bits per heavy atom. The van der Waals surface area contributed by atoms with E-state index in [0.717, 1.165) is 49.6 Å². The summed E-state index contributed by atoms with van der Waals surface area (Å²) >= 11 is 3.69. The van der Waals surface area contributed by atoms with Crippen molar-refractivity contribution < 1.29 is 19.1 Å². The van der Waals surface area contributed by atoms with Crippen molar-refractivity contribution in [2.75, 3.05) is 18.5 Å². The molecule has 0 radical (unpaired) electrons. The molecule has 1 aliphatic heterocycles. The van der Waals surface area contributed by atoms with Crippen LogP contribution in [0.4, 0.5) is 5.69 Å². The van der Waals surface area contributed by atoms with Crippen LogP contribution in [0.2, 0.25) is 0 Å². The van der Waals surface area contributed by atoms with Gasteiger partial charge in [0.25, 0.3) is 5.91 Å². The number of carbonyl (C=O) groups excluding carboxylic acids is 2. The van der Waals surface area contributed by atoms with Crippen LogP contribution in [0.25, 0.3) is 16.3 Å². The van der Waals surface area contributed by atoms with E-state index in [1.54, 1.807) is 6.07 Å². The van der Waals surface area contributed by atoms with E-state index < -0.39 is 5.91 Å². The minimum absolute atomic E-state index is 0.133. The molecule has 36 heavy (non-hydrogen) atoms. The summed E-state index contributed by atoms with van der Waals surface area (Å²) in [5.74, 6) is 0.490. The number of anilines is 1.